The Kier molecular flexibility index (Phi) is 3.74. The zero-order valence-electron chi connectivity index (χ0n) is 9.56. The molecule has 88 valence electrons. The van der Waals surface area contributed by atoms with E-state index in [0.717, 1.165) is 22.2 Å². The molecule has 1 heterocycles. The normalized spacial score (nSPS) is 10.5. The van der Waals surface area contributed by atoms with E-state index < -0.39 is 0 Å². The van der Waals surface area contributed by atoms with Crippen molar-refractivity contribution in [2.45, 2.75) is 19.9 Å². The first-order valence-corrected chi connectivity index (χ1v) is 6.34. The molecule has 0 aliphatic rings. The molecule has 2 rings (SSSR count). The van der Waals surface area contributed by atoms with Crippen LogP contribution in [0.5, 0.6) is 0 Å². The lowest BCUT2D eigenvalue weighted by Crippen LogP contribution is -2.21. The van der Waals surface area contributed by atoms with Crippen LogP contribution in [0.25, 0.3) is 11.3 Å². The van der Waals surface area contributed by atoms with Gasteiger partial charge in [0.05, 0.1) is 5.69 Å². The Labute approximate surface area is 108 Å². The van der Waals surface area contributed by atoms with Crippen LogP contribution in [0.4, 0.5) is 0 Å². The highest BCUT2D eigenvalue weighted by atomic mass is 79.9. The van der Waals surface area contributed by atoms with Gasteiger partial charge in [-0.05, 0) is 24.6 Å². The Morgan fingerprint density at radius 1 is 1.29 bits per heavy atom. The fourth-order valence-electron chi connectivity index (χ4n) is 1.62. The highest BCUT2D eigenvalue weighted by Gasteiger charge is 2.03. The van der Waals surface area contributed by atoms with Crippen LogP contribution in [-0.4, -0.2) is 9.78 Å². The van der Waals surface area contributed by atoms with Crippen LogP contribution in [0.15, 0.2) is 45.7 Å². The van der Waals surface area contributed by atoms with Gasteiger partial charge in [-0.15, -0.1) is 0 Å². The highest BCUT2D eigenvalue weighted by Crippen LogP contribution is 2.20. The van der Waals surface area contributed by atoms with E-state index in [9.17, 15) is 4.79 Å². The lowest BCUT2D eigenvalue weighted by molar-refractivity contribution is 0.570. The van der Waals surface area contributed by atoms with Crippen molar-refractivity contribution in [3.8, 4) is 11.3 Å². The Morgan fingerprint density at radius 3 is 2.82 bits per heavy atom. The molecule has 0 radical (unpaired) electrons. The molecule has 0 aliphatic carbocycles. The highest BCUT2D eigenvalue weighted by molar-refractivity contribution is 9.10. The number of halogens is 1. The molecule has 4 heteroatoms. The molecular weight excluding hydrogens is 280 g/mol. The summed E-state index contributed by atoms with van der Waals surface area (Å²) < 4.78 is 2.51. The van der Waals surface area contributed by atoms with E-state index in [0.29, 0.717) is 6.54 Å². The van der Waals surface area contributed by atoms with E-state index in [1.807, 2.05) is 31.2 Å². The Bertz CT molecular complexity index is 578. The molecule has 0 fully saturated rings. The first-order valence-electron chi connectivity index (χ1n) is 5.55. The van der Waals surface area contributed by atoms with Crippen molar-refractivity contribution in [3.63, 3.8) is 0 Å². The molecule has 0 unspecified atom stereocenters. The molecule has 0 atom stereocenters. The first-order chi connectivity index (χ1) is 8.20. The third-order valence-corrected chi connectivity index (χ3v) is 2.92. The summed E-state index contributed by atoms with van der Waals surface area (Å²) in [6, 6.07) is 11.2. The zero-order chi connectivity index (χ0) is 12.3. The van der Waals surface area contributed by atoms with Gasteiger partial charge < -0.3 is 0 Å². The molecule has 0 bridgehead atoms. The van der Waals surface area contributed by atoms with Crippen LogP contribution in [0.1, 0.15) is 13.3 Å². The van der Waals surface area contributed by atoms with Crippen molar-refractivity contribution in [1.82, 2.24) is 9.78 Å². The van der Waals surface area contributed by atoms with Gasteiger partial charge >= 0.3 is 0 Å². The largest absolute Gasteiger partial charge is 0.268 e. The predicted molar refractivity (Wildman–Crippen MR) is 71.9 cm³/mol. The number of nitrogens with zero attached hydrogens (tertiary/aromatic N) is 2. The van der Waals surface area contributed by atoms with Gasteiger partial charge in [0.15, 0.2) is 0 Å². The van der Waals surface area contributed by atoms with Crippen molar-refractivity contribution >= 4 is 15.9 Å². The number of aromatic nitrogens is 2. The van der Waals surface area contributed by atoms with Gasteiger partial charge in [-0.25, -0.2) is 4.68 Å². The molecular formula is C13H13BrN2O. The topological polar surface area (TPSA) is 34.9 Å². The zero-order valence-corrected chi connectivity index (χ0v) is 11.1. The fraction of sp³-hybridized carbons (Fsp3) is 0.231. The van der Waals surface area contributed by atoms with Crippen molar-refractivity contribution in [2.24, 2.45) is 0 Å². The second-order valence-corrected chi connectivity index (χ2v) is 4.71. The molecule has 0 amide bonds. The van der Waals surface area contributed by atoms with Gasteiger partial charge in [-0.3, -0.25) is 4.79 Å². The molecule has 1 aromatic carbocycles. The molecule has 17 heavy (non-hydrogen) atoms. The van der Waals surface area contributed by atoms with Crippen LogP contribution >= 0.6 is 15.9 Å². The summed E-state index contributed by atoms with van der Waals surface area (Å²) in [6.45, 7) is 2.68. The van der Waals surface area contributed by atoms with E-state index in [1.165, 1.54) is 4.68 Å². The molecule has 0 saturated carbocycles. The second kappa shape index (κ2) is 5.27. The van der Waals surface area contributed by atoms with Crippen LogP contribution in [-0.2, 0) is 6.54 Å². The maximum absolute atomic E-state index is 11.6. The van der Waals surface area contributed by atoms with Crippen LogP contribution in [0.3, 0.4) is 0 Å². The maximum Gasteiger partial charge on any atom is 0.266 e. The average molecular weight is 293 g/mol. The summed E-state index contributed by atoms with van der Waals surface area (Å²) in [4.78, 5) is 11.6. The summed E-state index contributed by atoms with van der Waals surface area (Å²) in [5, 5.41) is 4.36. The molecule has 0 saturated heterocycles. The summed E-state index contributed by atoms with van der Waals surface area (Å²) in [6.07, 6.45) is 0.898. The minimum Gasteiger partial charge on any atom is -0.268 e. The van der Waals surface area contributed by atoms with Gasteiger partial charge in [0.2, 0.25) is 0 Å². The van der Waals surface area contributed by atoms with Crippen molar-refractivity contribution in [2.75, 3.05) is 0 Å². The number of hydrogen-bond donors (Lipinski definition) is 0. The number of rotatable bonds is 3. The van der Waals surface area contributed by atoms with Gasteiger partial charge in [0, 0.05) is 22.6 Å². The van der Waals surface area contributed by atoms with Crippen LogP contribution in [0.2, 0.25) is 0 Å². The summed E-state index contributed by atoms with van der Waals surface area (Å²) in [7, 11) is 0. The Balaban J connectivity index is 2.46. The lowest BCUT2D eigenvalue weighted by atomic mass is 10.1. The maximum atomic E-state index is 11.6. The molecule has 1 aromatic heterocycles. The molecule has 0 spiro atoms. The summed E-state index contributed by atoms with van der Waals surface area (Å²) >= 11 is 3.43. The molecule has 2 aromatic rings. The van der Waals surface area contributed by atoms with E-state index in [4.69, 9.17) is 0 Å². The smallest absolute Gasteiger partial charge is 0.266 e. The van der Waals surface area contributed by atoms with Crippen molar-refractivity contribution in [3.05, 3.63) is 51.2 Å². The van der Waals surface area contributed by atoms with Gasteiger partial charge in [0.1, 0.15) is 0 Å². The van der Waals surface area contributed by atoms with E-state index >= 15 is 0 Å². The monoisotopic (exact) mass is 292 g/mol. The average Bonchev–Trinajstić information content (AvgIpc) is 2.32. The second-order valence-electron chi connectivity index (χ2n) is 3.79. The number of benzene rings is 1. The van der Waals surface area contributed by atoms with Gasteiger partial charge in [0.25, 0.3) is 5.56 Å². The Morgan fingerprint density at radius 2 is 2.12 bits per heavy atom. The van der Waals surface area contributed by atoms with Gasteiger partial charge in [-0.1, -0.05) is 35.0 Å². The van der Waals surface area contributed by atoms with Crippen LogP contribution in [0, 0.1) is 0 Å². The van der Waals surface area contributed by atoms with Crippen molar-refractivity contribution in [1.29, 1.82) is 0 Å². The van der Waals surface area contributed by atoms with E-state index in [-0.39, 0.29) is 5.56 Å². The standard InChI is InChI=1S/C13H13BrN2O/c1-2-8-16-13(17)7-6-12(15-16)10-4-3-5-11(14)9-10/h3-7,9H,2,8H2,1H3. The summed E-state index contributed by atoms with van der Waals surface area (Å²) in [5.41, 5.74) is 1.77. The molecule has 0 N–H and O–H groups in total. The lowest BCUT2D eigenvalue weighted by Gasteiger charge is -2.06. The number of aryl methyl sites for hydroxylation is 1. The minimum atomic E-state index is -0.0504. The SMILES string of the molecule is CCCn1nc(-c2cccc(Br)c2)ccc1=O. The van der Waals surface area contributed by atoms with E-state index in [1.54, 1.807) is 12.1 Å². The molecule has 3 nitrogen and oxygen atoms in total. The molecule has 0 aliphatic heterocycles. The quantitative estimate of drug-likeness (QED) is 0.871. The third kappa shape index (κ3) is 2.82. The van der Waals surface area contributed by atoms with E-state index in [2.05, 4.69) is 21.0 Å². The van der Waals surface area contributed by atoms with Gasteiger partial charge in [-0.2, -0.15) is 5.10 Å². The summed E-state index contributed by atoms with van der Waals surface area (Å²) in [5.74, 6) is 0. The first kappa shape index (κ1) is 12.0. The van der Waals surface area contributed by atoms with Crippen molar-refractivity contribution < 1.29 is 0 Å². The van der Waals surface area contributed by atoms with Crippen LogP contribution < -0.4 is 5.56 Å². The predicted octanol–water partition coefficient (Wildman–Crippen LogP) is 3.08. The minimum absolute atomic E-state index is 0.0504. The Hall–Kier alpha value is -1.42. The fourth-order valence-corrected chi connectivity index (χ4v) is 2.02. The number of hydrogen-bond acceptors (Lipinski definition) is 2. The third-order valence-electron chi connectivity index (χ3n) is 2.42.